The van der Waals surface area contributed by atoms with Crippen molar-refractivity contribution >= 4 is 11.5 Å². The van der Waals surface area contributed by atoms with Gasteiger partial charge >= 0.3 is 0 Å². The summed E-state index contributed by atoms with van der Waals surface area (Å²) in [5.41, 5.74) is 2.27. The van der Waals surface area contributed by atoms with Gasteiger partial charge in [0.15, 0.2) is 5.82 Å². The van der Waals surface area contributed by atoms with E-state index in [9.17, 15) is 0 Å². The molecule has 0 radical (unpaired) electrons. The highest BCUT2D eigenvalue weighted by Crippen LogP contribution is 2.20. The predicted octanol–water partition coefficient (Wildman–Crippen LogP) is 1.97. The van der Waals surface area contributed by atoms with E-state index in [0.717, 1.165) is 24.5 Å². The largest absolute Gasteiger partial charge is 0.372 e. The molecule has 3 aromatic rings. The van der Waals surface area contributed by atoms with Gasteiger partial charge in [-0.2, -0.15) is 4.98 Å². The summed E-state index contributed by atoms with van der Waals surface area (Å²) in [5, 5.41) is 10.8. The topological polar surface area (TPSA) is 62.1 Å². The summed E-state index contributed by atoms with van der Waals surface area (Å²) >= 11 is 0. The van der Waals surface area contributed by atoms with Crippen molar-refractivity contribution in [3.05, 3.63) is 30.6 Å². The van der Waals surface area contributed by atoms with Crippen molar-refractivity contribution in [1.82, 2.24) is 24.8 Å². The summed E-state index contributed by atoms with van der Waals surface area (Å²) in [5.74, 6) is 1.39. The first-order chi connectivity index (χ1) is 9.31. The highest BCUT2D eigenvalue weighted by molar-refractivity contribution is 5.61. The Balaban J connectivity index is 1.91. The van der Waals surface area contributed by atoms with Gasteiger partial charge in [-0.25, -0.2) is 4.52 Å². The van der Waals surface area contributed by atoms with Crippen LogP contribution in [0.5, 0.6) is 0 Å². The highest BCUT2D eigenvalue weighted by atomic mass is 15.4. The van der Waals surface area contributed by atoms with Crippen molar-refractivity contribution < 1.29 is 0 Å². The molecule has 0 bridgehead atoms. The van der Waals surface area contributed by atoms with Gasteiger partial charge in [0, 0.05) is 24.3 Å². The number of aromatic amines is 1. The SMILES string of the molecule is CCN(CC)c1ccc(-c2nc3nncn3[nH]2)cc1. The predicted molar refractivity (Wildman–Crippen MR) is 74.1 cm³/mol. The molecule has 0 aliphatic rings. The fourth-order valence-electron chi connectivity index (χ4n) is 2.17. The van der Waals surface area contributed by atoms with Crippen LogP contribution in [0.4, 0.5) is 5.69 Å². The molecule has 6 nitrogen and oxygen atoms in total. The summed E-state index contributed by atoms with van der Waals surface area (Å²) in [7, 11) is 0. The Labute approximate surface area is 111 Å². The van der Waals surface area contributed by atoms with Crippen LogP contribution in [-0.4, -0.2) is 37.9 Å². The van der Waals surface area contributed by atoms with E-state index in [4.69, 9.17) is 0 Å². The van der Waals surface area contributed by atoms with E-state index < -0.39 is 0 Å². The lowest BCUT2D eigenvalue weighted by molar-refractivity contribution is 0.866. The number of benzene rings is 1. The molecule has 2 aromatic heterocycles. The monoisotopic (exact) mass is 256 g/mol. The minimum Gasteiger partial charge on any atom is -0.372 e. The standard InChI is InChI=1S/C13H16N6/c1-3-18(4-2)11-7-5-10(6-8-11)12-15-13-16-14-9-19(13)17-12/h5-9H,3-4H2,1-2H3,(H,15,16,17). The molecule has 98 valence electrons. The lowest BCUT2D eigenvalue weighted by Gasteiger charge is -2.20. The summed E-state index contributed by atoms with van der Waals surface area (Å²) in [6, 6.07) is 8.37. The molecule has 0 unspecified atom stereocenters. The fourth-order valence-corrected chi connectivity index (χ4v) is 2.17. The van der Waals surface area contributed by atoms with Crippen LogP contribution >= 0.6 is 0 Å². The quantitative estimate of drug-likeness (QED) is 0.775. The zero-order valence-electron chi connectivity index (χ0n) is 11.0. The first kappa shape index (κ1) is 11.7. The van der Waals surface area contributed by atoms with Crippen LogP contribution in [0.1, 0.15) is 13.8 Å². The van der Waals surface area contributed by atoms with Gasteiger partial charge in [-0.1, -0.05) is 0 Å². The molecule has 19 heavy (non-hydrogen) atoms. The van der Waals surface area contributed by atoms with Gasteiger partial charge in [0.05, 0.1) is 0 Å². The summed E-state index contributed by atoms with van der Waals surface area (Å²) in [6.45, 7) is 6.34. The number of aromatic nitrogens is 5. The molecule has 6 heteroatoms. The Morgan fingerprint density at radius 2 is 1.89 bits per heavy atom. The lowest BCUT2D eigenvalue weighted by atomic mass is 10.2. The van der Waals surface area contributed by atoms with Crippen molar-refractivity contribution in [2.45, 2.75) is 13.8 Å². The normalized spacial score (nSPS) is 11.1. The minimum absolute atomic E-state index is 0.586. The maximum Gasteiger partial charge on any atom is 0.271 e. The number of anilines is 1. The van der Waals surface area contributed by atoms with E-state index in [1.165, 1.54) is 5.69 Å². The van der Waals surface area contributed by atoms with Gasteiger partial charge in [0.1, 0.15) is 6.33 Å². The van der Waals surface area contributed by atoms with Crippen molar-refractivity contribution in [1.29, 1.82) is 0 Å². The van der Waals surface area contributed by atoms with Gasteiger partial charge in [-0.05, 0) is 38.1 Å². The molecule has 2 heterocycles. The van der Waals surface area contributed by atoms with Crippen LogP contribution in [0.3, 0.4) is 0 Å². The molecule has 0 saturated carbocycles. The first-order valence-corrected chi connectivity index (χ1v) is 6.43. The second-order valence-corrected chi connectivity index (χ2v) is 4.29. The average molecular weight is 256 g/mol. The molecular weight excluding hydrogens is 240 g/mol. The van der Waals surface area contributed by atoms with Crippen LogP contribution in [-0.2, 0) is 0 Å². The number of fused-ring (bicyclic) bond motifs is 1. The molecular formula is C13H16N6. The van der Waals surface area contributed by atoms with Gasteiger partial charge < -0.3 is 4.90 Å². The Bertz CT molecular complexity index is 633. The van der Waals surface area contributed by atoms with Crippen LogP contribution in [0.15, 0.2) is 30.6 Å². The third-order valence-corrected chi connectivity index (χ3v) is 3.24. The summed E-state index contributed by atoms with van der Waals surface area (Å²) in [4.78, 5) is 6.69. The second kappa shape index (κ2) is 4.72. The Morgan fingerprint density at radius 3 is 2.53 bits per heavy atom. The van der Waals surface area contributed by atoms with Gasteiger partial charge in [0.25, 0.3) is 5.78 Å². The van der Waals surface area contributed by atoms with Crippen LogP contribution in [0.2, 0.25) is 0 Å². The maximum atomic E-state index is 4.38. The van der Waals surface area contributed by atoms with E-state index in [1.807, 2.05) is 0 Å². The average Bonchev–Trinajstić information content (AvgIpc) is 3.02. The molecule has 0 aliphatic carbocycles. The van der Waals surface area contributed by atoms with E-state index in [2.05, 4.69) is 63.3 Å². The number of nitrogens with one attached hydrogen (secondary N) is 1. The van der Waals surface area contributed by atoms with E-state index >= 15 is 0 Å². The Morgan fingerprint density at radius 1 is 1.16 bits per heavy atom. The lowest BCUT2D eigenvalue weighted by Crippen LogP contribution is -2.21. The summed E-state index contributed by atoms with van der Waals surface area (Å²) < 4.78 is 1.70. The highest BCUT2D eigenvalue weighted by Gasteiger charge is 2.07. The molecule has 0 spiro atoms. The van der Waals surface area contributed by atoms with Crippen LogP contribution < -0.4 is 4.90 Å². The van der Waals surface area contributed by atoms with Crippen molar-refractivity contribution in [3.63, 3.8) is 0 Å². The molecule has 0 aliphatic heterocycles. The molecule has 3 rings (SSSR count). The number of hydrogen-bond donors (Lipinski definition) is 1. The fraction of sp³-hybridized carbons (Fsp3) is 0.308. The molecule has 1 N–H and O–H groups in total. The first-order valence-electron chi connectivity index (χ1n) is 6.43. The van der Waals surface area contributed by atoms with Crippen LogP contribution in [0, 0.1) is 0 Å². The molecule has 1 aromatic carbocycles. The smallest absolute Gasteiger partial charge is 0.271 e. The van der Waals surface area contributed by atoms with E-state index in [-0.39, 0.29) is 0 Å². The van der Waals surface area contributed by atoms with Gasteiger partial charge in [-0.15, -0.1) is 10.2 Å². The van der Waals surface area contributed by atoms with Crippen LogP contribution in [0.25, 0.3) is 17.2 Å². The zero-order chi connectivity index (χ0) is 13.2. The van der Waals surface area contributed by atoms with Gasteiger partial charge in [-0.3, -0.25) is 5.10 Å². The number of hydrogen-bond acceptors (Lipinski definition) is 4. The molecule has 0 saturated heterocycles. The maximum absolute atomic E-state index is 4.38. The molecule has 0 atom stereocenters. The van der Waals surface area contributed by atoms with Crippen molar-refractivity contribution in [3.8, 4) is 11.4 Å². The van der Waals surface area contributed by atoms with Gasteiger partial charge in [0.2, 0.25) is 0 Å². The number of rotatable bonds is 4. The Kier molecular flexibility index (Phi) is 2.91. The minimum atomic E-state index is 0.586. The van der Waals surface area contributed by atoms with E-state index in [1.54, 1.807) is 10.8 Å². The number of H-pyrrole nitrogens is 1. The Hall–Kier alpha value is -2.37. The second-order valence-electron chi connectivity index (χ2n) is 4.29. The van der Waals surface area contributed by atoms with Crippen molar-refractivity contribution in [2.75, 3.05) is 18.0 Å². The number of nitrogens with zero attached hydrogens (tertiary/aromatic N) is 5. The zero-order valence-corrected chi connectivity index (χ0v) is 11.0. The third-order valence-electron chi connectivity index (χ3n) is 3.24. The molecule has 0 amide bonds. The molecule has 0 fully saturated rings. The van der Waals surface area contributed by atoms with E-state index in [0.29, 0.717) is 5.78 Å². The third kappa shape index (κ3) is 2.05. The summed E-state index contributed by atoms with van der Waals surface area (Å²) in [6.07, 6.45) is 1.61. The van der Waals surface area contributed by atoms with Crippen molar-refractivity contribution in [2.24, 2.45) is 0 Å².